The quantitative estimate of drug-likeness (QED) is 0.757. The standard InChI is InChI=1S/C12H20N2O4S2/c1-3-19(15,16)8-7-14-10(2)11-5-4-6-12(9-11)20(13,17)18/h4-6,9-10,14H,3,7-8H2,1-2H3,(H2,13,17,18). The fourth-order valence-electron chi connectivity index (χ4n) is 1.65. The first kappa shape index (κ1) is 17.1. The first-order valence-corrected chi connectivity index (χ1v) is 9.59. The largest absolute Gasteiger partial charge is 0.309 e. The van der Waals surface area contributed by atoms with Crippen LogP contribution in [0.15, 0.2) is 29.2 Å². The first-order valence-electron chi connectivity index (χ1n) is 6.22. The monoisotopic (exact) mass is 320 g/mol. The van der Waals surface area contributed by atoms with Crippen LogP contribution < -0.4 is 10.5 Å². The molecule has 0 aliphatic carbocycles. The molecule has 0 saturated heterocycles. The summed E-state index contributed by atoms with van der Waals surface area (Å²) in [6.45, 7) is 3.76. The maximum atomic E-state index is 11.4. The van der Waals surface area contributed by atoms with Gasteiger partial charge in [0.15, 0.2) is 9.84 Å². The van der Waals surface area contributed by atoms with Gasteiger partial charge in [0.1, 0.15) is 0 Å². The lowest BCUT2D eigenvalue weighted by Gasteiger charge is -2.14. The predicted molar refractivity (Wildman–Crippen MR) is 78.6 cm³/mol. The van der Waals surface area contributed by atoms with Crippen molar-refractivity contribution in [1.82, 2.24) is 5.32 Å². The lowest BCUT2D eigenvalue weighted by atomic mass is 10.1. The van der Waals surface area contributed by atoms with Gasteiger partial charge in [-0.05, 0) is 24.6 Å². The molecular formula is C12H20N2O4S2. The summed E-state index contributed by atoms with van der Waals surface area (Å²) < 4.78 is 45.3. The van der Waals surface area contributed by atoms with Crippen LogP contribution in [0.4, 0.5) is 0 Å². The van der Waals surface area contributed by atoms with Crippen molar-refractivity contribution < 1.29 is 16.8 Å². The highest BCUT2D eigenvalue weighted by molar-refractivity contribution is 7.91. The van der Waals surface area contributed by atoms with Crippen LogP contribution >= 0.6 is 0 Å². The predicted octanol–water partition coefficient (Wildman–Crippen LogP) is 0.419. The highest BCUT2D eigenvalue weighted by Crippen LogP contribution is 2.16. The molecule has 0 heterocycles. The fraction of sp³-hybridized carbons (Fsp3) is 0.500. The highest BCUT2D eigenvalue weighted by atomic mass is 32.2. The van der Waals surface area contributed by atoms with E-state index in [2.05, 4.69) is 5.32 Å². The Labute approximate surface area is 120 Å². The topological polar surface area (TPSA) is 106 Å². The lowest BCUT2D eigenvalue weighted by molar-refractivity contribution is 0.572. The average Bonchev–Trinajstić information content (AvgIpc) is 2.37. The molecule has 0 amide bonds. The van der Waals surface area contributed by atoms with Gasteiger partial charge < -0.3 is 5.32 Å². The summed E-state index contributed by atoms with van der Waals surface area (Å²) in [5, 5.41) is 8.13. The van der Waals surface area contributed by atoms with Crippen LogP contribution in [-0.2, 0) is 19.9 Å². The number of rotatable bonds is 7. The van der Waals surface area contributed by atoms with Crippen LogP contribution in [0.2, 0.25) is 0 Å². The van der Waals surface area contributed by atoms with Crippen LogP contribution in [-0.4, -0.2) is 34.9 Å². The maximum Gasteiger partial charge on any atom is 0.238 e. The third-order valence-corrected chi connectivity index (χ3v) is 5.61. The Kier molecular flexibility index (Phi) is 5.69. The number of hydrogen-bond donors (Lipinski definition) is 2. The van der Waals surface area contributed by atoms with Gasteiger partial charge in [-0.2, -0.15) is 0 Å². The molecule has 1 aromatic carbocycles. The van der Waals surface area contributed by atoms with Gasteiger partial charge in [-0.15, -0.1) is 0 Å². The summed E-state index contributed by atoms with van der Waals surface area (Å²) in [6, 6.07) is 6.12. The molecule has 6 nitrogen and oxygen atoms in total. The van der Waals surface area contributed by atoms with Crippen molar-refractivity contribution in [3.63, 3.8) is 0 Å². The number of sulfonamides is 1. The molecule has 0 aromatic heterocycles. The van der Waals surface area contributed by atoms with E-state index < -0.39 is 19.9 Å². The number of benzene rings is 1. The van der Waals surface area contributed by atoms with Crippen LogP contribution in [0.25, 0.3) is 0 Å². The minimum atomic E-state index is -3.73. The van der Waals surface area contributed by atoms with Crippen LogP contribution in [0.3, 0.4) is 0 Å². The van der Waals surface area contributed by atoms with Crippen LogP contribution in [0, 0.1) is 0 Å². The van der Waals surface area contributed by atoms with E-state index in [0.717, 1.165) is 5.56 Å². The van der Waals surface area contributed by atoms with Gasteiger partial charge in [-0.3, -0.25) is 0 Å². The third-order valence-electron chi connectivity index (χ3n) is 2.99. The SMILES string of the molecule is CCS(=O)(=O)CCNC(C)c1cccc(S(N)(=O)=O)c1. The Morgan fingerprint density at radius 1 is 1.25 bits per heavy atom. The van der Waals surface area contributed by atoms with Crippen molar-refractivity contribution in [2.45, 2.75) is 24.8 Å². The number of primary sulfonamides is 1. The molecule has 1 unspecified atom stereocenters. The molecule has 20 heavy (non-hydrogen) atoms. The van der Waals surface area contributed by atoms with E-state index in [9.17, 15) is 16.8 Å². The molecule has 114 valence electrons. The Balaban J connectivity index is 2.72. The second-order valence-electron chi connectivity index (χ2n) is 4.53. The van der Waals surface area contributed by atoms with E-state index in [1.807, 2.05) is 6.92 Å². The van der Waals surface area contributed by atoms with Crippen molar-refractivity contribution in [2.24, 2.45) is 5.14 Å². The van der Waals surface area contributed by atoms with E-state index in [1.54, 1.807) is 19.1 Å². The molecule has 1 aromatic rings. The second-order valence-corrected chi connectivity index (χ2v) is 8.56. The summed E-state index contributed by atoms with van der Waals surface area (Å²) in [6.07, 6.45) is 0. The Morgan fingerprint density at radius 2 is 1.90 bits per heavy atom. The van der Waals surface area contributed by atoms with E-state index >= 15 is 0 Å². The van der Waals surface area contributed by atoms with Gasteiger partial charge in [0, 0.05) is 18.3 Å². The molecule has 0 radical (unpaired) electrons. The minimum absolute atomic E-state index is 0.0461. The first-order chi connectivity index (χ1) is 9.15. The number of nitrogens with one attached hydrogen (secondary N) is 1. The fourth-order valence-corrected chi connectivity index (χ4v) is 2.94. The Morgan fingerprint density at radius 3 is 2.45 bits per heavy atom. The van der Waals surface area contributed by atoms with Crippen LogP contribution in [0.5, 0.6) is 0 Å². The van der Waals surface area contributed by atoms with Gasteiger partial charge in [-0.1, -0.05) is 19.1 Å². The molecule has 3 N–H and O–H groups in total. The second kappa shape index (κ2) is 6.66. The van der Waals surface area contributed by atoms with Crippen molar-refractivity contribution in [1.29, 1.82) is 0 Å². The molecule has 0 bridgehead atoms. The molecule has 1 atom stereocenters. The van der Waals surface area contributed by atoms with Crippen molar-refractivity contribution >= 4 is 19.9 Å². The normalized spacial score (nSPS) is 14.2. The van der Waals surface area contributed by atoms with Gasteiger partial charge >= 0.3 is 0 Å². The lowest BCUT2D eigenvalue weighted by Crippen LogP contribution is -2.26. The smallest absolute Gasteiger partial charge is 0.238 e. The minimum Gasteiger partial charge on any atom is -0.309 e. The summed E-state index contributed by atoms with van der Waals surface area (Å²) >= 11 is 0. The molecule has 1 rings (SSSR count). The average molecular weight is 320 g/mol. The molecule has 0 aliphatic rings. The summed E-state index contributed by atoms with van der Waals surface area (Å²) in [5.74, 6) is 0.173. The summed E-state index contributed by atoms with van der Waals surface area (Å²) in [7, 11) is -6.74. The number of hydrogen-bond acceptors (Lipinski definition) is 5. The summed E-state index contributed by atoms with van der Waals surface area (Å²) in [5.41, 5.74) is 0.741. The Bertz CT molecular complexity index is 654. The van der Waals surface area contributed by atoms with E-state index in [-0.39, 0.29) is 22.4 Å². The van der Waals surface area contributed by atoms with Crippen molar-refractivity contribution in [3.05, 3.63) is 29.8 Å². The van der Waals surface area contributed by atoms with E-state index in [1.165, 1.54) is 12.1 Å². The third kappa shape index (κ3) is 5.20. The van der Waals surface area contributed by atoms with Gasteiger partial charge in [0.25, 0.3) is 0 Å². The summed E-state index contributed by atoms with van der Waals surface area (Å²) in [4.78, 5) is 0.0461. The molecule has 0 aliphatic heterocycles. The maximum absolute atomic E-state index is 11.4. The van der Waals surface area contributed by atoms with Gasteiger partial charge in [0.05, 0.1) is 10.6 Å². The van der Waals surface area contributed by atoms with E-state index in [0.29, 0.717) is 6.54 Å². The number of nitrogens with two attached hydrogens (primary N) is 1. The van der Waals surface area contributed by atoms with Gasteiger partial charge in [0.2, 0.25) is 10.0 Å². The highest BCUT2D eigenvalue weighted by Gasteiger charge is 2.12. The van der Waals surface area contributed by atoms with Crippen LogP contribution in [0.1, 0.15) is 25.5 Å². The molecular weight excluding hydrogens is 300 g/mol. The zero-order valence-electron chi connectivity index (χ0n) is 11.5. The van der Waals surface area contributed by atoms with Crippen molar-refractivity contribution in [3.8, 4) is 0 Å². The Hall–Kier alpha value is -0.960. The number of sulfone groups is 1. The molecule has 8 heteroatoms. The van der Waals surface area contributed by atoms with Crippen molar-refractivity contribution in [2.75, 3.05) is 18.1 Å². The molecule has 0 spiro atoms. The molecule has 0 fully saturated rings. The zero-order valence-corrected chi connectivity index (χ0v) is 13.2. The molecule has 0 saturated carbocycles. The van der Waals surface area contributed by atoms with E-state index in [4.69, 9.17) is 5.14 Å². The zero-order chi connectivity index (χ0) is 15.4. The van der Waals surface area contributed by atoms with Gasteiger partial charge in [-0.25, -0.2) is 22.0 Å².